The maximum atomic E-state index is 17.4. The Labute approximate surface area is 421 Å². The second-order valence-electron chi connectivity index (χ2n) is 21.7. The molecule has 2 bridgehead atoms. The van der Waals surface area contributed by atoms with Gasteiger partial charge in [-0.25, -0.2) is 4.98 Å². The van der Waals surface area contributed by atoms with E-state index in [4.69, 9.17) is 31.0 Å². The number of likely N-dealkylation sites (N-methyl/N-ethyl adjacent to an activating group) is 2. The number of hydrogen-bond acceptors (Lipinski definition) is 11. The monoisotopic (exact) mass is 968 g/mol. The Morgan fingerprint density at radius 2 is 1.61 bits per heavy atom. The standard InChI is InChI=1S/C57H74ClN9O3/c1-10-56-50-29-41(27-38-15-12-11-13-16-38)53(56)64(6)36(2)31-60-49-30-43(28-39-18-22-42(58)23-19-39)65(7)54-46(35-69-9)62-52(57(49,54)55(56)68)37(3)67(50)33-45-48(17-14-26-59-45)70-44-24-20-40(21-25-44)47-32-61-51(66(47)8)34-63(4)5/h11-26,32,36-37,41,43,46,49-50,52-54,60,62H,10,27-31,33-35H2,1-9H3/t36-,37-,41+,43-,46+,49?,50?,52?,53?,54?,56?,57?/m0/s1. The number of pyridine rings is 1. The molecule has 6 heterocycles. The summed E-state index contributed by atoms with van der Waals surface area (Å²) in [5, 5.41) is 9.20. The number of carbonyl (C=O) groups is 1. The van der Waals surface area contributed by atoms with E-state index >= 15 is 4.79 Å². The number of benzene rings is 3. The van der Waals surface area contributed by atoms with Gasteiger partial charge in [-0.15, -0.1) is 0 Å². The highest BCUT2D eigenvalue weighted by Gasteiger charge is 2.77. The summed E-state index contributed by atoms with van der Waals surface area (Å²) in [4.78, 5) is 37.3. The van der Waals surface area contributed by atoms with Crippen LogP contribution in [0.5, 0.6) is 11.5 Å². The van der Waals surface area contributed by atoms with Gasteiger partial charge in [0.15, 0.2) is 5.78 Å². The third kappa shape index (κ3) is 8.34. The SMILES string of the molecule is CCC12C(=O)C34C5C[C@H](Cc6ccc(Cl)cc6)N(C)C3[C@@H](COC)NC4[C@H](C)N(Cc3ncccc3Oc3ccc(-c4cnc(CN(C)C)n4C)cc3)C1C[C@@H](Cc1ccccc1)C2N(C)[C@@H](C)CN5. The third-order valence-corrected chi connectivity index (χ3v) is 18.0. The van der Waals surface area contributed by atoms with Gasteiger partial charge >= 0.3 is 0 Å². The average Bonchev–Trinajstić information content (AvgIpc) is 4.00. The van der Waals surface area contributed by atoms with Crippen LogP contribution in [-0.4, -0.2) is 143 Å². The fraction of sp³-hybridized carbons (Fsp3) is 0.526. The molecule has 0 amide bonds. The van der Waals surface area contributed by atoms with E-state index in [1.54, 1.807) is 7.11 Å². The minimum Gasteiger partial charge on any atom is -0.455 e. The third-order valence-electron chi connectivity index (χ3n) is 17.7. The molecule has 5 aromatic rings. The van der Waals surface area contributed by atoms with Crippen molar-refractivity contribution < 1.29 is 14.3 Å². The van der Waals surface area contributed by atoms with E-state index in [9.17, 15) is 0 Å². The highest BCUT2D eigenvalue weighted by Crippen LogP contribution is 2.62. The van der Waals surface area contributed by atoms with E-state index in [0.29, 0.717) is 18.9 Å². The normalized spacial score (nSPS) is 32.4. The topological polar surface area (TPSA) is 103 Å². The van der Waals surface area contributed by atoms with E-state index in [1.165, 1.54) is 11.1 Å². The summed E-state index contributed by atoms with van der Waals surface area (Å²) in [5.41, 5.74) is 4.10. The highest BCUT2D eigenvalue weighted by atomic mass is 35.5. The van der Waals surface area contributed by atoms with Crippen molar-refractivity contribution in [3.8, 4) is 22.8 Å². The molecule has 1 aliphatic carbocycles. The van der Waals surface area contributed by atoms with Gasteiger partial charge in [0.05, 0.1) is 41.6 Å². The number of nitrogens with zero attached hydrogens (tertiary/aromatic N) is 7. The molecule has 4 aliphatic heterocycles. The lowest BCUT2D eigenvalue weighted by Crippen LogP contribution is -2.73. The molecule has 10 rings (SSSR count). The number of methoxy groups -OCH3 is 1. The first-order chi connectivity index (χ1) is 33.8. The van der Waals surface area contributed by atoms with Crippen LogP contribution in [0.1, 0.15) is 62.7 Å². The predicted molar refractivity (Wildman–Crippen MR) is 278 cm³/mol. The summed E-state index contributed by atoms with van der Waals surface area (Å²) in [6.07, 6.45) is 8.09. The fourth-order valence-electron chi connectivity index (χ4n) is 14.6. The van der Waals surface area contributed by atoms with E-state index < -0.39 is 10.8 Å². The number of ether oxygens (including phenoxy) is 2. The molecular formula is C57H74ClN9O3. The highest BCUT2D eigenvalue weighted by molar-refractivity contribution is 6.30. The van der Waals surface area contributed by atoms with Gasteiger partial charge in [0.1, 0.15) is 17.3 Å². The zero-order valence-electron chi connectivity index (χ0n) is 42.7. The number of hydrogen-bond donors (Lipinski definition) is 2. The van der Waals surface area contributed by atoms with Crippen molar-refractivity contribution in [2.75, 3.05) is 48.5 Å². The number of imidazole rings is 1. The van der Waals surface area contributed by atoms with Crippen molar-refractivity contribution >= 4 is 17.4 Å². The molecule has 5 fully saturated rings. The summed E-state index contributed by atoms with van der Waals surface area (Å²) in [7, 11) is 12.6. The molecule has 1 saturated carbocycles. The lowest BCUT2D eigenvalue weighted by Gasteiger charge is -2.57. The molecule has 372 valence electrons. The summed E-state index contributed by atoms with van der Waals surface area (Å²) < 4.78 is 15.1. The first-order valence-corrected chi connectivity index (χ1v) is 26.1. The number of likely N-dealkylation sites (tertiary alicyclic amines) is 2. The van der Waals surface area contributed by atoms with Crippen molar-refractivity contribution in [2.24, 2.45) is 23.8 Å². The second kappa shape index (κ2) is 19.8. The van der Waals surface area contributed by atoms with Crippen LogP contribution in [0.2, 0.25) is 5.02 Å². The van der Waals surface area contributed by atoms with Crippen LogP contribution in [0.4, 0.5) is 0 Å². The van der Waals surface area contributed by atoms with Crippen molar-refractivity contribution in [3.05, 3.63) is 131 Å². The number of ketones is 1. The predicted octanol–water partition coefficient (Wildman–Crippen LogP) is 7.74. The number of rotatable bonds is 14. The molecule has 70 heavy (non-hydrogen) atoms. The summed E-state index contributed by atoms with van der Waals surface area (Å²) in [5.74, 6) is 3.15. The summed E-state index contributed by atoms with van der Waals surface area (Å²) >= 11 is 6.41. The zero-order valence-corrected chi connectivity index (χ0v) is 43.4. The molecule has 4 saturated heterocycles. The van der Waals surface area contributed by atoms with Crippen molar-refractivity contribution in [2.45, 2.75) is 120 Å². The molecule has 13 heteroatoms. The van der Waals surface area contributed by atoms with E-state index in [0.717, 1.165) is 84.5 Å². The molecule has 5 aliphatic rings. The smallest absolute Gasteiger partial charge is 0.153 e. The lowest BCUT2D eigenvalue weighted by molar-refractivity contribution is -0.154. The first kappa shape index (κ1) is 49.1. The first-order valence-electron chi connectivity index (χ1n) is 25.7. The van der Waals surface area contributed by atoms with Gasteiger partial charge in [-0.05, 0) is 140 Å². The Balaban J connectivity index is 1.08. The molecule has 2 aromatic heterocycles. The summed E-state index contributed by atoms with van der Waals surface area (Å²) in [6.45, 7) is 9.67. The van der Waals surface area contributed by atoms with Gasteiger partial charge in [0.2, 0.25) is 0 Å². The Morgan fingerprint density at radius 3 is 2.33 bits per heavy atom. The van der Waals surface area contributed by atoms with Crippen LogP contribution in [0.15, 0.2) is 103 Å². The van der Waals surface area contributed by atoms with E-state index in [1.807, 2.05) is 48.8 Å². The number of nitrogens with one attached hydrogen (secondary N) is 2. The molecular weight excluding hydrogens is 894 g/mol. The molecule has 12 nitrogen and oxygen atoms in total. The summed E-state index contributed by atoms with van der Waals surface area (Å²) in [6, 6.07) is 31.4. The van der Waals surface area contributed by atoms with E-state index in [2.05, 4.69) is 145 Å². The van der Waals surface area contributed by atoms with Crippen LogP contribution < -0.4 is 15.4 Å². The van der Waals surface area contributed by atoms with Crippen molar-refractivity contribution in [3.63, 3.8) is 0 Å². The Hall–Kier alpha value is -4.50. The minimum absolute atomic E-state index is 0.00385. The fourth-order valence-corrected chi connectivity index (χ4v) is 14.7. The Bertz CT molecular complexity index is 2610. The molecule has 1 spiro atoms. The number of Topliss-reactive ketones (excluding diaryl/α,β-unsaturated/α-hetero) is 1. The number of halogens is 1. The van der Waals surface area contributed by atoms with Crippen LogP contribution >= 0.6 is 11.6 Å². The Morgan fingerprint density at radius 1 is 0.871 bits per heavy atom. The Kier molecular flexibility index (Phi) is 13.9. The van der Waals surface area contributed by atoms with Gasteiger partial charge < -0.3 is 29.6 Å². The van der Waals surface area contributed by atoms with Crippen molar-refractivity contribution in [1.82, 2.24) is 44.8 Å². The minimum atomic E-state index is -0.770. The van der Waals surface area contributed by atoms with Crippen LogP contribution in [0, 0.1) is 16.7 Å². The maximum Gasteiger partial charge on any atom is 0.153 e. The van der Waals surface area contributed by atoms with Gasteiger partial charge in [-0.1, -0.05) is 61.0 Å². The van der Waals surface area contributed by atoms with Gasteiger partial charge in [-0.2, -0.15) is 0 Å². The van der Waals surface area contributed by atoms with Crippen LogP contribution in [-0.2, 0) is 42.5 Å². The second-order valence-corrected chi connectivity index (χ2v) is 22.1. The number of piperidine rings is 1. The van der Waals surface area contributed by atoms with Gasteiger partial charge in [-0.3, -0.25) is 24.5 Å². The molecule has 0 radical (unpaired) electrons. The van der Waals surface area contributed by atoms with Gasteiger partial charge in [0.25, 0.3) is 0 Å². The zero-order chi connectivity index (χ0) is 49.1. The van der Waals surface area contributed by atoms with Crippen LogP contribution in [0.25, 0.3) is 11.3 Å². The molecule has 7 unspecified atom stereocenters. The van der Waals surface area contributed by atoms with Crippen LogP contribution in [0.3, 0.4) is 0 Å². The largest absolute Gasteiger partial charge is 0.455 e. The average molecular weight is 969 g/mol. The molecule has 3 aromatic carbocycles. The number of carbonyl (C=O) groups excluding carboxylic acids is 1. The lowest BCUT2D eigenvalue weighted by atomic mass is 9.54. The van der Waals surface area contributed by atoms with E-state index in [-0.39, 0.29) is 60.3 Å². The quantitative estimate of drug-likeness (QED) is 0.114. The molecule has 12 atom stereocenters. The number of aromatic nitrogens is 3. The maximum absolute atomic E-state index is 17.4. The van der Waals surface area contributed by atoms with Gasteiger partial charge in [0, 0.05) is 98.4 Å². The van der Waals surface area contributed by atoms with Crippen molar-refractivity contribution in [1.29, 1.82) is 0 Å². The molecule has 2 N–H and O–H groups in total.